The third-order valence-electron chi connectivity index (χ3n) is 3.98. The molecule has 1 aliphatic rings. The zero-order chi connectivity index (χ0) is 13.3. The Bertz CT molecular complexity index is 588. The first-order valence-electron chi connectivity index (χ1n) is 6.75. The van der Waals surface area contributed by atoms with E-state index in [1.807, 2.05) is 6.07 Å². The molecule has 3 rings (SSSR count). The molecule has 19 heavy (non-hydrogen) atoms. The fraction of sp³-hybridized carbons (Fsp3) is 0.375. The lowest BCUT2D eigenvalue weighted by atomic mass is 9.89. The molecule has 0 radical (unpaired) electrons. The maximum atomic E-state index is 5.27. The molecule has 2 aromatic carbocycles. The molecular formula is C16H20N2O. The van der Waals surface area contributed by atoms with Crippen LogP contribution in [0.5, 0.6) is 5.75 Å². The van der Waals surface area contributed by atoms with Gasteiger partial charge in [0.05, 0.1) is 12.6 Å². The molecular weight excluding hydrogens is 236 g/mol. The molecule has 0 saturated carbocycles. The molecule has 1 aliphatic heterocycles. The number of hydrogen-bond donors (Lipinski definition) is 2. The third-order valence-corrected chi connectivity index (χ3v) is 3.98. The van der Waals surface area contributed by atoms with Gasteiger partial charge in [0.15, 0.2) is 0 Å². The summed E-state index contributed by atoms with van der Waals surface area (Å²) in [4.78, 5) is 0. The van der Waals surface area contributed by atoms with E-state index in [4.69, 9.17) is 4.74 Å². The van der Waals surface area contributed by atoms with Crippen LogP contribution in [-0.2, 0) is 5.54 Å². The molecule has 1 unspecified atom stereocenters. The summed E-state index contributed by atoms with van der Waals surface area (Å²) in [6, 6.07) is 12.9. The maximum absolute atomic E-state index is 5.27. The van der Waals surface area contributed by atoms with E-state index in [9.17, 15) is 0 Å². The van der Waals surface area contributed by atoms with Crippen LogP contribution in [0, 0.1) is 0 Å². The Kier molecular flexibility index (Phi) is 3.17. The van der Waals surface area contributed by atoms with Gasteiger partial charge in [0.1, 0.15) is 5.75 Å². The lowest BCUT2D eigenvalue weighted by Crippen LogP contribution is -2.54. The number of rotatable bonds is 2. The lowest BCUT2D eigenvalue weighted by Gasteiger charge is -2.36. The predicted molar refractivity (Wildman–Crippen MR) is 78.7 cm³/mol. The van der Waals surface area contributed by atoms with Crippen LogP contribution in [0.4, 0.5) is 0 Å². The van der Waals surface area contributed by atoms with Crippen molar-refractivity contribution >= 4 is 10.8 Å². The zero-order valence-electron chi connectivity index (χ0n) is 11.5. The van der Waals surface area contributed by atoms with E-state index < -0.39 is 0 Å². The minimum absolute atomic E-state index is 0.0202. The summed E-state index contributed by atoms with van der Waals surface area (Å²) in [5, 5.41) is 9.54. The molecule has 0 bridgehead atoms. The van der Waals surface area contributed by atoms with Crippen LogP contribution in [0.2, 0.25) is 0 Å². The van der Waals surface area contributed by atoms with Crippen LogP contribution in [-0.4, -0.2) is 26.7 Å². The third kappa shape index (κ3) is 2.31. The van der Waals surface area contributed by atoms with Gasteiger partial charge in [-0.1, -0.05) is 18.2 Å². The van der Waals surface area contributed by atoms with Gasteiger partial charge in [-0.15, -0.1) is 0 Å². The van der Waals surface area contributed by atoms with Crippen LogP contribution in [0.15, 0.2) is 36.4 Å². The van der Waals surface area contributed by atoms with E-state index in [-0.39, 0.29) is 5.54 Å². The molecule has 0 aliphatic carbocycles. The van der Waals surface area contributed by atoms with Crippen molar-refractivity contribution < 1.29 is 4.74 Å². The van der Waals surface area contributed by atoms with E-state index in [0.717, 1.165) is 25.4 Å². The van der Waals surface area contributed by atoms with Crippen LogP contribution >= 0.6 is 0 Å². The van der Waals surface area contributed by atoms with Gasteiger partial charge < -0.3 is 15.4 Å². The molecule has 0 spiro atoms. The number of nitrogens with one attached hydrogen (secondary N) is 2. The molecule has 1 fully saturated rings. The number of fused-ring (bicyclic) bond motifs is 1. The van der Waals surface area contributed by atoms with Crippen molar-refractivity contribution in [2.75, 3.05) is 26.7 Å². The SMILES string of the molecule is COc1ccc2cc(C3(C)CNCCN3)ccc2c1. The first kappa shape index (κ1) is 12.5. The first-order chi connectivity index (χ1) is 9.21. The summed E-state index contributed by atoms with van der Waals surface area (Å²) in [6.07, 6.45) is 0. The van der Waals surface area contributed by atoms with Crippen molar-refractivity contribution in [3.8, 4) is 5.75 Å². The molecule has 0 amide bonds. The van der Waals surface area contributed by atoms with Crippen LogP contribution in [0.25, 0.3) is 10.8 Å². The summed E-state index contributed by atoms with van der Waals surface area (Å²) in [7, 11) is 1.70. The molecule has 0 aromatic heterocycles. The van der Waals surface area contributed by atoms with E-state index in [1.54, 1.807) is 7.11 Å². The Morgan fingerprint density at radius 2 is 1.84 bits per heavy atom. The minimum Gasteiger partial charge on any atom is -0.497 e. The summed E-state index contributed by atoms with van der Waals surface area (Å²) >= 11 is 0. The van der Waals surface area contributed by atoms with Crippen molar-refractivity contribution in [1.29, 1.82) is 0 Å². The number of methoxy groups -OCH3 is 1. The summed E-state index contributed by atoms with van der Waals surface area (Å²) in [5.41, 5.74) is 1.35. The Hall–Kier alpha value is -1.58. The lowest BCUT2D eigenvalue weighted by molar-refractivity contribution is 0.303. The number of benzene rings is 2. The first-order valence-corrected chi connectivity index (χ1v) is 6.75. The fourth-order valence-electron chi connectivity index (χ4n) is 2.73. The fourth-order valence-corrected chi connectivity index (χ4v) is 2.73. The molecule has 3 nitrogen and oxygen atoms in total. The van der Waals surface area contributed by atoms with Crippen molar-refractivity contribution in [3.05, 3.63) is 42.0 Å². The minimum atomic E-state index is 0.0202. The number of ether oxygens (including phenoxy) is 1. The van der Waals surface area contributed by atoms with Crippen LogP contribution in [0.1, 0.15) is 12.5 Å². The molecule has 1 atom stereocenters. The monoisotopic (exact) mass is 256 g/mol. The van der Waals surface area contributed by atoms with Gasteiger partial charge in [0.2, 0.25) is 0 Å². The van der Waals surface area contributed by atoms with Gasteiger partial charge in [0, 0.05) is 19.6 Å². The van der Waals surface area contributed by atoms with E-state index in [2.05, 4.69) is 47.9 Å². The average molecular weight is 256 g/mol. The second-order valence-electron chi connectivity index (χ2n) is 5.36. The maximum Gasteiger partial charge on any atom is 0.119 e. The largest absolute Gasteiger partial charge is 0.497 e. The highest BCUT2D eigenvalue weighted by Gasteiger charge is 2.28. The van der Waals surface area contributed by atoms with Gasteiger partial charge >= 0.3 is 0 Å². The molecule has 3 heteroatoms. The van der Waals surface area contributed by atoms with Gasteiger partial charge in [0.25, 0.3) is 0 Å². The predicted octanol–water partition coefficient (Wildman–Crippen LogP) is 2.26. The Morgan fingerprint density at radius 3 is 2.58 bits per heavy atom. The van der Waals surface area contributed by atoms with Gasteiger partial charge in [-0.2, -0.15) is 0 Å². The second kappa shape index (κ2) is 4.83. The summed E-state index contributed by atoms with van der Waals surface area (Å²) in [5.74, 6) is 0.906. The molecule has 2 aromatic rings. The van der Waals surface area contributed by atoms with Crippen molar-refractivity contribution in [3.63, 3.8) is 0 Å². The van der Waals surface area contributed by atoms with Crippen molar-refractivity contribution in [1.82, 2.24) is 10.6 Å². The topological polar surface area (TPSA) is 33.3 Å². The quantitative estimate of drug-likeness (QED) is 0.864. The molecule has 1 heterocycles. The summed E-state index contributed by atoms with van der Waals surface area (Å²) < 4.78 is 5.27. The van der Waals surface area contributed by atoms with Gasteiger partial charge in [-0.25, -0.2) is 0 Å². The normalized spacial score (nSPS) is 23.5. The highest BCUT2D eigenvalue weighted by Crippen LogP contribution is 2.27. The Balaban J connectivity index is 2.01. The van der Waals surface area contributed by atoms with E-state index >= 15 is 0 Å². The van der Waals surface area contributed by atoms with Gasteiger partial charge in [-0.05, 0) is 41.5 Å². The highest BCUT2D eigenvalue weighted by atomic mass is 16.5. The zero-order valence-corrected chi connectivity index (χ0v) is 11.5. The highest BCUT2D eigenvalue weighted by molar-refractivity contribution is 5.84. The van der Waals surface area contributed by atoms with Gasteiger partial charge in [-0.3, -0.25) is 0 Å². The standard InChI is InChI=1S/C16H20N2O/c1-16(11-17-7-8-18-16)14-5-3-13-10-15(19-2)6-4-12(13)9-14/h3-6,9-10,17-18H,7-8,11H2,1-2H3. The van der Waals surface area contributed by atoms with Crippen LogP contribution in [0.3, 0.4) is 0 Å². The molecule has 100 valence electrons. The van der Waals surface area contributed by atoms with Crippen molar-refractivity contribution in [2.24, 2.45) is 0 Å². The van der Waals surface area contributed by atoms with E-state index in [0.29, 0.717) is 0 Å². The smallest absolute Gasteiger partial charge is 0.119 e. The molecule has 1 saturated heterocycles. The van der Waals surface area contributed by atoms with E-state index in [1.165, 1.54) is 16.3 Å². The Morgan fingerprint density at radius 1 is 1.05 bits per heavy atom. The average Bonchev–Trinajstić information content (AvgIpc) is 2.47. The molecule has 2 N–H and O–H groups in total. The van der Waals surface area contributed by atoms with Crippen molar-refractivity contribution in [2.45, 2.75) is 12.5 Å². The Labute approximate surface area is 114 Å². The number of hydrogen-bond acceptors (Lipinski definition) is 3. The summed E-state index contributed by atoms with van der Waals surface area (Å²) in [6.45, 7) is 5.27. The second-order valence-corrected chi connectivity index (χ2v) is 5.36. The van der Waals surface area contributed by atoms with Crippen LogP contribution < -0.4 is 15.4 Å². The number of piperazine rings is 1.